The van der Waals surface area contributed by atoms with Gasteiger partial charge in [0.2, 0.25) is 0 Å². The van der Waals surface area contributed by atoms with Crippen molar-refractivity contribution in [3.8, 4) is 6.07 Å². The summed E-state index contributed by atoms with van der Waals surface area (Å²) in [5.74, 6) is 0. The molecule has 0 saturated heterocycles. The molecular weight excluding hydrogens is 112 g/mol. The number of rotatable bonds is 1. The van der Waals surface area contributed by atoms with Gasteiger partial charge in [0, 0.05) is 0 Å². The van der Waals surface area contributed by atoms with Gasteiger partial charge in [0.05, 0.1) is 12.1 Å². The molecule has 0 aromatic rings. The first kappa shape index (κ1) is 9.88. The van der Waals surface area contributed by atoms with E-state index in [1.807, 2.05) is 13.0 Å². The molecule has 7 heavy (non-hydrogen) atoms. The molecule has 0 fully saturated rings. The molecule has 0 aliphatic carbocycles. The second-order valence-electron chi connectivity index (χ2n) is 1.14. The second kappa shape index (κ2) is 5.74. The van der Waals surface area contributed by atoms with E-state index in [2.05, 4.69) is 0 Å². The molecule has 0 amide bonds. The quantitative estimate of drug-likeness (QED) is 0.553. The molecule has 0 aliphatic heterocycles. The fourth-order valence-corrected chi connectivity index (χ4v) is 0.0913. The summed E-state index contributed by atoms with van der Waals surface area (Å²) in [7, 11) is 0. The van der Waals surface area contributed by atoms with E-state index < -0.39 is 0 Å². The molecule has 0 radical (unpaired) electrons. The Bertz CT molecular complexity index is 66.6. The molecular formula is C4H9ClN2. The molecule has 2 nitrogen and oxygen atoms in total. The molecule has 0 aromatic heterocycles. The summed E-state index contributed by atoms with van der Waals surface area (Å²) < 4.78 is 0. The maximum absolute atomic E-state index is 7.96. The molecule has 0 bridgehead atoms. The Balaban J connectivity index is 0. The first-order chi connectivity index (χ1) is 2.81. The van der Waals surface area contributed by atoms with Crippen molar-refractivity contribution >= 4 is 12.4 Å². The fraction of sp³-hybridized carbons (Fsp3) is 0.750. The maximum Gasteiger partial charge on any atom is 0.0925 e. The van der Waals surface area contributed by atoms with Crippen LogP contribution in [0.15, 0.2) is 0 Å². The van der Waals surface area contributed by atoms with Crippen LogP contribution in [0.5, 0.6) is 0 Å². The Labute approximate surface area is 49.7 Å². The predicted octanol–water partition coefficient (Wildman–Crippen LogP) is 0.669. The van der Waals surface area contributed by atoms with Gasteiger partial charge >= 0.3 is 0 Å². The van der Waals surface area contributed by atoms with E-state index in [0.717, 1.165) is 6.42 Å². The molecule has 0 saturated carbocycles. The van der Waals surface area contributed by atoms with Crippen LogP contribution in [-0.4, -0.2) is 6.04 Å². The average molecular weight is 121 g/mol. The van der Waals surface area contributed by atoms with Gasteiger partial charge in [-0.15, -0.1) is 12.4 Å². The number of nitrogens with two attached hydrogens (primary N) is 1. The summed E-state index contributed by atoms with van der Waals surface area (Å²) in [6.45, 7) is 1.88. The molecule has 0 spiro atoms. The van der Waals surface area contributed by atoms with Gasteiger partial charge in [0.1, 0.15) is 0 Å². The average Bonchev–Trinajstić information content (AvgIpc) is 1.65. The topological polar surface area (TPSA) is 49.8 Å². The monoisotopic (exact) mass is 120 g/mol. The third-order valence-corrected chi connectivity index (χ3v) is 0.606. The molecule has 0 aromatic carbocycles. The molecule has 0 rings (SSSR count). The van der Waals surface area contributed by atoms with E-state index in [0.29, 0.717) is 0 Å². The Kier molecular flexibility index (Phi) is 8.10. The van der Waals surface area contributed by atoms with Gasteiger partial charge in [0.15, 0.2) is 0 Å². The van der Waals surface area contributed by atoms with Gasteiger partial charge in [0.25, 0.3) is 0 Å². The molecule has 0 heterocycles. The minimum absolute atomic E-state index is 0. The lowest BCUT2D eigenvalue weighted by Crippen LogP contribution is -2.14. The second-order valence-corrected chi connectivity index (χ2v) is 1.14. The zero-order chi connectivity index (χ0) is 4.99. The molecule has 0 aliphatic rings. The van der Waals surface area contributed by atoms with Gasteiger partial charge in [-0.25, -0.2) is 0 Å². The number of hydrogen-bond acceptors (Lipinski definition) is 2. The first-order valence-electron chi connectivity index (χ1n) is 1.96. The van der Waals surface area contributed by atoms with Gasteiger partial charge < -0.3 is 5.73 Å². The van der Waals surface area contributed by atoms with E-state index in [-0.39, 0.29) is 18.4 Å². The Hall–Kier alpha value is -0.260. The van der Waals surface area contributed by atoms with Crippen molar-refractivity contribution in [2.24, 2.45) is 5.73 Å². The van der Waals surface area contributed by atoms with Gasteiger partial charge in [-0.2, -0.15) is 5.26 Å². The van der Waals surface area contributed by atoms with Crippen molar-refractivity contribution < 1.29 is 0 Å². The lowest BCUT2D eigenvalue weighted by Gasteiger charge is -1.88. The molecule has 1 atom stereocenters. The van der Waals surface area contributed by atoms with E-state index in [9.17, 15) is 0 Å². The Morgan fingerprint density at radius 1 is 1.86 bits per heavy atom. The highest BCUT2D eigenvalue weighted by atomic mass is 35.5. The van der Waals surface area contributed by atoms with Crippen molar-refractivity contribution in [1.82, 2.24) is 0 Å². The van der Waals surface area contributed by atoms with Crippen LogP contribution in [0.4, 0.5) is 0 Å². The van der Waals surface area contributed by atoms with Gasteiger partial charge in [-0.05, 0) is 6.42 Å². The lowest BCUT2D eigenvalue weighted by atomic mass is 10.3. The summed E-state index contributed by atoms with van der Waals surface area (Å²) >= 11 is 0. The van der Waals surface area contributed by atoms with E-state index >= 15 is 0 Å². The van der Waals surface area contributed by atoms with Gasteiger partial charge in [-0.1, -0.05) is 6.92 Å². The minimum Gasteiger partial charge on any atom is -0.316 e. The van der Waals surface area contributed by atoms with Crippen LogP contribution in [0, 0.1) is 11.3 Å². The van der Waals surface area contributed by atoms with Crippen LogP contribution in [0.25, 0.3) is 0 Å². The van der Waals surface area contributed by atoms with Crippen LogP contribution in [0.3, 0.4) is 0 Å². The van der Waals surface area contributed by atoms with Crippen molar-refractivity contribution in [3.05, 3.63) is 0 Å². The maximum atomic E-state index is 7.96. The largest absolute Gasteiger partial charge is 0.316 e. The predicted molar refractivity (Wildman–Crippen MR) is 31.1 cm³/mol. The summed E-state index contributed by atoms with van der Waals surface area (Å²) in [4.78, 5) is 0. The fourth-order valence-electron chi connectivity index (χ4n) is 0.0913. The molecule has 3 heteroatoms. The van der Waals surface area contributed by atoms with Crippen LogP contribution in [-0.2, 0) is 0 Å². The van der Waals surface area contributed by atoms with Gasteiger partial charge in [-0.3, -0.25) is 0 Å². The van der Waals surface area contributed by atoms with Crippen molar-refractivity contribution in [2.75, 3.05) is 0 Å². The number of nitrogens with zero attached hydrogens (tertiary/aromatic N) is 1. The van der Waals surface area contributed by atoms with E-state index in [1.165, 1.54) is 0 Å². The smallest absolute Gasteiger partial charge is 0.0925 e. The zero-order valence-electron chi connectivity index (χ0n) is 4.22. The third kappa shape index (κ3) is 5.74. The molecule has 2 N–H and O–H groups in total. The Morgan fingerprint density at radius 3 is 2.29 bits per heavy atom. The summed E-state index contributed by atoms with van der Waals surface area (Å²) in [6, 6.07) is 1.63. The first-order valence-corrected chi connectivity index (χ1v) is 1.96. The zero-order valence-corrected chi connectivity index (χ0v) is 5.03. The third-order valence-electron chi connectivity index (χ3n) is 0.606. The van der Waals surface area contributed by atoms with Crippen LogP contribution < -0.4 is 5.73 Å². The van der Waals surface area contributed by atoms with E-state index in [4.69, 9.17) is 11.0 Å². The summed E-state index contributed by atoms with van der Waals surface area (Å²) in [6.07, 6.45) is 0.747. The minimum atomic E-state index is -0.259. The van der Waals surface area contributed by atoms with Crippen LogP contribution in [0.1, 0.15) is 13.3 Å². The highest BCUT2D eigenvalue weighted by Gasteiger charge is 1.88. The summed E-state index contributed by atoms with van der Waals surface area (Å²) in [5.41, 5.74) is 5.11. The number of halogens is 1. The molecule has 42 valence electrons. The van der Waals surface area contributed by atoms with E-state index in [1.54, 1.807) is 0 Å². The highest BCUT2D eigenvalue weighted by Crippen LogP contribution is 1.77. The standard InChI is InChI=1S/C4H8N2.ClH/c1-2-4(6)3-5;/h4H,2,6H2,1H3;1H. The van der Waals surface area contributed by atoms with Crippen LogP contribution >= 0.6 is 12.4 Å². The SMILES string of the molecule is CCC(N)C#N.Cl. The van der Waals surface area contributed by atoms with Crippen molar-refractivity contribution in [3.63, 3.8) is 0 Å². The summed E-state index contributed by atoms with van der Waals surface area (Å²) in [5, 5.41) is 7.96. The Morgan fingerprint density at radius 2 is 2.29 bits per heavy atom. The number of nitriles is 1. The number of hydrogen-bond donors (Lipinski definition) is 1. The van der Waals surface area contributed by atoms with Crippen molar-refractivity contribution in [1.29, 1.82) is 5.26 Å². The van der Waals surface area contributed by atoms with Crippen molar-refractivity contribution in [2.45, 2.75) is 19.4 Å². The lowest BCUT2D eigenvalue weighted by molar-refractivity contribution is 0.795. The molecule has 1 unspecified atom stereocenters. The van der Waals surface area contributed by atoms with Crippen LogP contribution in [0.2, 0.25) is 0 Å². The normalized spacial score (nSPS) is 11.0. The highest BCUT2D eigenvalue weighted by molar-refractivity contribution is 5.85.